The van der Waals surface area contributed by atoms with Crippen molar-refractivity contribution in [2.45, 2.75) is 51.6 Å². The number of nitrogens with zero attached hydrogens (tertiary/aromatic N) is 2. The van der Waals surface area contributed by atoms with Gasteiger partial charge in [0.1, 0.15) is 0 Å². The molecular weight excluding hydrogens is 348 g/mol. The van der Waals surface area contributed by atoms with Crippen molar-refractivity contribution in [3.63, 3.8) is 0 Å². The summed E-state index contributed by atoms with van der Waals surface area (Å²) >= 11 is 0. The monoisotopic (exact) mass is 379 g/mol. The molecular formula is C21H31F2N3O. The molecule has 1 aliphatic heterocycles. The molecule has 0 bridgehead atoms. The van der Waals surface area contributed by atoms with Crippen molar-refractivity contribution < 1.29 is 13.6 Å². The molecule has 4 nitrogen and oxygen atoms in total. The molecule has 1 heterocycles. The largest absolute Gasteiger partial charge is 0.371 e. The van der Waals surface area contributed by atoms with Crippen molar-refractivity contribution in [1.29, 1.82) is 0 Å². The van der Waals surface area contributed by atoms with Gasteiger partial charge in [-0.1, -0.05) is 32.0 Å². The van der Waals surface area contributed by atoms with Crippen LogP contribution in [0.5, 0.6) is 0 Å². The summed E-state index contributed by atoms with van der Waals surface area (Å²) in [5, 5.41) is 0. The normalized spacial score (nSPS) is 26.2. The summed E-state index contributed by atoms with van der Waals surface area (Å²) in [6, 6.07) is 6.81. The molecule has 6 heteroatoms. The molecule has 2 fully saturated rings. The molecule has 2 aliphatic rings. The first-order valence-electron chi connectivity index (χ1n) is 9.92. The smallest absolute Gasteiger partial charge is 0.265 e. The zero-order valence-electron chi connectivity index (χ0n) is 16.4. The summed E-state index contributed by atoms with van der Waals surface area (Å²) in [6.45, 7) is 5.76. The van der Waals surface area contributed by atoms with E-state index < -0.39 is 6.43 Å². The van der Waals surface area contributed by atoms with Crippen LogP contribution in [0.25, 0.3) is 0 Å². The van der Waals surface area contributed by atoms with E-state index in [4.69, 9.17) is 5.73 Å². The maximum atomic E-state index is 13.4. The number of anilines is 1. The third-order valence-electron chi connectivity index (χ3n) is 6.37. The number of hydrogen-bond acceptors (Lipinski definition) is 3. The Morgan fingerprint density at radius 1 is 1.26 bits per heavy atom. The fraction of sp³-hybridized carbons (Fsp3) is 0.667. The number of primary amides is 1. The van der Waals surface area contributed by atoms with E-state index in [2.05, 4.69) is 23.6 Å². The lowest BCUT2D eigenvalue weighted by Crippen LogP contribution is -2.50. The molecule has 0 unspecified atom stereocenters. The van der Waals surface area contributed by atoms with Gasteiger partial charge in [0, 0.05) is 30.4 Å². The lowest BCUT2D eigenvalue weighted by atomic mass is 9.94. The highest BCUT2D eigenvalue weighted by Gasteiger charge is 2.46. The van der Waals surface area contributed by atoms with E-state index in [0.29, 0.717) is 23.4 Å². The molecule has 0 spiro atoms. The van der Waals surface area contributed by atoms with Crippen LogP contribution in [0.15, 0.2) is 24.3 Å². The topological polar surface area (TPSA) is 49.6 Å². The Morgan fingerprint density at radius 3 is 2.59 bits per heavy atom. The van der Waals surface area contributed by atoms with Crippen LogP contribution in [0.3, 0.4) is 0 Å². The van der Waals surface area contributed by atoms with Crippen molar-refractivity contribution in [2.75, 3.05) is 25.0 Å². The van der Waals surface area contributed by atoms with Crippen LogP contribution in [0.4, 0.5) is 14.5 Å². The number of likely N-dealkylation sites (N-methyl/N-ethyl adjacent to an activating group) is 1. The Balaban J connectivity index is 1.76. The van der Waals surface area contributed by atoms with Gasteiger partial charge >= 0.3 is 0 Å². The molecule has 0 radical (unpaired) electrons. The van der Waals surface area contributed by atoms with Crippen LogP contribution in [0.1, 0.15) is 45.1 Å². The van der Waals surface area contributed by atoms with Crippen LogP contribution < -0.4 is 10.6 Å². The van der Waals surface area contributed by atoms with Gasteiger partial charge in [-0.3, -0.25) is 9.69 Å². The highest BCUT2D eigenvalue weighted by atomic mass is 19.3. The molecule has 3 rings (SSSR count). The van der Waals surface area contributed by atoms with E-state index in [-0.39, 0.29) is 23.6 Å². The van der Waals surface area contributed by atoms with E-state index in [9.17, 15) is 13.6 Å². The minimum atomic E-state index is -2.47. The van der Waals surface area contributed by atoms with E-state index >= 15 is 0 Å². The molecule has 4 atom stereocenters. The van der Waals surface area contributed by atoms with Crippen molar-refractivity contribution >= 4 is 11.6 Å². The Kier molecular flexibility index (Phi) is 6.04. The second kappa shape index (κ2) is 8.13. The number of fused-ring (bicyclic) bond motifs is 1. The number of carbonyl (C=O) groups is 1. The SMILES string of the molecule is CC(C)C[C@@H](C(N)=O)N(C)[C@H]1CC[C@@H]2CN(c3ccccc3C(F)F)C[C@@H]21. The van der Waals surface area contributed by atoms with Gasteiger partial charge in [-0.2, -0.15) is 0 Å². The molecule has 2 N–H and O–H groups in total. The molecule has 1 aliphatic carbocycles. The van der Waals surface area contributed by atoms with Gasteiger partial charge in [-0.15, -0.1) is 0 Å². The summed E-state index contributed by atoms with van der Waals surface area (Å²) in [4.78, 5) is 16.3. The van der Waals surface area contributed by atoms with Crippen molar-refractivity contribution in [2.24, 2.45) is 23.5 Å². The number of nitrogens with two attached hydrogens (primary N) is 1. The third kappa shape index (κ3) is 4.10. The maximum Gasteiger partial charge on any atom is 0.265 e. The van der Waals surface area contributed by atoms with E-state index in [0.717, 1.165) is 32.4 Å². The summed E-state index contributed by atoms with van der Waals surface area (Å²) in [5.74, 6) is 0.984. The van der Waals surface area contributed by atoms with Gasteiger partial charge < -0.3 is 10.6 Å². The number of benzene rings is 1. The quantitative estimate of drug-likeness (QED) is 0.786. The van der Waals surface area contributed by atoms with Crippen molar-refractivity contribution in [3.05, 3.63) is 29.8 Å². The van der Waals surface area contributed by atoms with Gasteiger partial charge in [0.05, 0.1) is 6.04 Å². The zero-order valence-corrected chi connectivity index (χ0v) is 16.4. The highest BCUT2D eigenvalue weighted by Crippen LogP contribution is 2.44. The first-order chi connectivity index (χ1) is 12.8. The second-order valence-electron chi connectivity index (χ2n) is 8.55. The summed E-state index contributed by atoms with van der Waals surface area (Å²) in [5.41, 5.74) is 6.45. The lowest BCUT2D eigenvalue weighted by molar-refractivity contribution is -0.124. The minimum Gasteiger partial charge on any atom is -0.371 e. The van der Waals surface area contributed by atoms with Gasteiger partial charge in [0.15, 0.2) is 0 Å². The summed E-state index contributed by atoms with van der Waals surface area (Å²) in [7, 11) is 2.00. The van der Waals surface area contributed by atoms with Crippen LogP contribution in [0.2, 0.25) is 0 Å². The number of carbonyl (C=O) groups excluding carboxylic acids is 1. The molecule has 1 aromatic rings. The van der Waals surface area contributed by atoms with Gasteiger partial charge in [-0.25, -0.2) is 8.78 Å². The number of hydrogen-bond donors (Lipinski definition) is 1. The third-order valence-corrected chi connectivity index (χ3v) is 6.37. The average Bonchev–Trinajstić information content (AvgIpc) is 3.19. The average molecular weight is 379 g/mol. The first-order valence-corrected chi connectivity index (χ1v) is 9.92. The number of amides is 1. The van der Waals surface area contributed by atoms with Crippen LogP contribution >= 0.6 is 0 Å². The van der Waals surface area contributed by atoms with Crippen LogP contribution in [0, 0.1) is 17.8 Å². The Labute approximate surface area is 160 Å². The van der Waals surface area contributed by atoms with Gasteiger partial charge in [0.25, 0.3) is 6.43 Å². The number of halogens is 2. The molecule has 150 valence electrons. The minimum absolute atomic E-state index is 0.109. The van der Waals surface area contributed by atoms with Gasteiger partial charge in [-0.05, 0) is 50.1 Å². The zero-order chi connectivity index (χ0) is 19.7. The second-order valence-corrected chi connectivity index (χ2v) is 8.55. The highest BCUT2D eigenvalue weighted by molar-refractivity contribution is 5.79. The number of rotatable bonds is 7. The van der Waals surface area contributed by atoms with Gasteiger partial charge in [0.2, 0.25) is 5.91 Å². The fourth-order valence-electron chi connectivity index (χ4n) is 5.06. The van der Waals surface area contributed by atoms with Crippen molar-refractivity contribution in [3.8, 4) is 0 Å². The Hall–Kier alpha value is -1.69. The summed E-state index contributed by atoms with van der Waals surface area (Å²) in [6.07, 6.45) is 0.390. The standard InChI is InChI=1S/C21H31F2N3O/c1-13(2)10-19(21(24)27)25(3)17-9-8-14-11-26(12-16(14)17)18-7-5-4-6-15(18)20(22)23/h4-7,13-14,16-17,19-20H,8-12H2,1-3H3,(H2,24,27)/t14-,16+,17+,19+/m1/s1. The van der Waals surface area contributed by atoms with E-state index in [1.807, 2.05) is 13.1 Å². The number of para-hydroxylation sites is 1. The molecule has 1 amide bonds. The van der Waals surface area contributed by atoms with Crippen LogP contribution in [-0.2, 0) is 4.79 Å². The fourth-order valence-corrected chi connectivity index (χ4v) is 5.06. The lowest BCUT2D eigenvalue weighted by Gasteiger charge is -2.35. The number of alkyl halides is 2. The van der Waals surface area contributed by atoms with E-state index in [1.165, 1.54) is 6.07 Å². The molecule has 1 saturated heterocycles. The Bertz CT molecular complexity index is 667. The van der Waals surface area contributed by atoms with E-state index in [1.54, 1.807) is 12.1 Å². The molecule has 1 aromatic carbocycles. The predicted molar refractivity (Wildman–Crippen MR) is 104 cm³/mol. The Morgan fingerprint density at radius 2 is 1.96 bits per heavy atom. The van der Waals surface area contributed by atoms with Crippen molar-refractivity contribution in [1.82, 2.24) is 4.90 Å². The maximum absolute atomic E-state index is 13.4. The predicted octanol–water partition coefficient (Wildman–Crippen LogP) is 3.67. The van der Waals surface area contributed by atoms with Crippen LogP contribution in [-0.4, -0.2) is 43.0 Å². The molecule has 0 aromatic heterocycles. The first kappa shape index (κ1) is 20.1. The molecule has 1 saturated carbocycles. The molecule has 27 heavy (non-hydrogen) atoms. The summed E-state index contributed by atoms with van der Waals surface area (Å²) < 4.78 is 26.8.